The summed E-state index contributed by atoms with van der Waals surface area (Å²) in [6.07, 6.45) is 6.42. The molecule has 0 amide bonds. The number of nitrogens with one attached hydrogen (secondary N) is 1. The predicted molar refractivity (Wildman–Crippen MR) is 79.2 cm³/mol. The van der Waals surface area contributed by atoms with Gasteiger partial charge >= 0.3 is 0 Å². The van der Waals surface area contributed by atoms with Crippen LogP contribution in [0.25, 0.3) is 0 Å². The number of anilines is 1. The summed E-state index contributed by atoms with van der Waals surface area (Å²) in [5, 5.41) is 3.39. The van der Waals surface area contributed by atoms with Gasteiger partial charge in [0.2, 0.25) is 0 Å². The fourth-order valence-corrected chi connectivity index (χ4v) is 2.49. The molecular formula is C15H26N4. The molecule has 1 aromatic rings. The fraction of sp³-hybridized carbons (Fsp3) is 0.733. The molecule has 1 aliphatic rings. The topological polar surface area (TPSA) is 41.1 Å². The van der Waals surface area contributed by atoms with Gasteiger partial charge in [0.05, 0.1) is 18.1 Å². The van der Waals surface area contributed by atoms with Crippen molar-refractivity contribution in [3.05, 3.63) is 18.1 Å². The zero-order chi connectivity index (χ0) is 13.7. The maximum Gasteiger partial charge on any atom is 0.147 e. The standard InChI is InChI=1S/C15H26N4/c1-12(2)7-16-8-14-9-18-15(10-17-14)19-6-4-5-13(3)11-19/h9-10,12-13,16H,4-8,11H2,1-3H3. The van der Waals surface area contributed by atoms with Crippen LogP contribution in [0.2, 0.25) is 0 Å². The van der Waals surface area contributed by atoms with Crippen molar-refractivity contribution >= 4 is 5.82 Å². The minimum absolute atomic E-state index is 0.669. The van der Waals surface area contributed by atoms with Gasteiger partial charge in [0.15, 0.2) is 0 Å². The Hall–Kier alpha value is -1.16. The van der Waals surface area contributed by atoms with Crippen molar-refractivity contribution < 1.29 is 0 Å². The minimum atomic E-state index is 0.669. The number of hydrogen-bond acceptors (Lipinski definition) is 4. The molecule has 0 aliphatic carbocycles. The van der Waals surface area contributed by atoms with Crippen molar-refractivity contribution in [2.75, 3.05) is 24.5 Å². The molecule has 4 heteroatoms. The van der Waals surface area contributed by atoms with Crippen molar-refractivity contribution in [2.24, 2.45) is 11.8 Å². The monoisotopic (exact) mass is 262 g/mol. The molecule has 0 bridgehead atoms. The van der Waals surface area contributed by atoms with Crippen LogP contribution in [0.1, 0.15) is 39.3 Å². The quantitative estimate of drug-likeness (QED) is 0.885. The van der Waals surface area contributed by atoms with Crippen LogP contribution < -0.4 is 10.2 Å². The molecule has 1 aliphatic heterocycles. The Labute approximate surface area is 116 Å². The van der Waals surface area contributed by atoms with Crippen LogP contribution in [-0.4, -0.2) is 29.6 Å². The number of hydrogen-bond donors (Lipinski definition) is 1. The Morgan fingerprint density at radius 1 is 1.37 bits per heavy atom. The molecule has 2 rings (SSSR count). The van der Waals surface area contributed by atoms with E-state index in [9.17, 15) is 0 Å². The van der Waals surface area contributed by atoms with Crippen LogP contribution in [-0.2, 0) is 6.54 Å². The van der Waals surface area contributed by atoms with Crippen LogP contribution in [0, 0.1) is 11.8 Å². The summed E-state index contributed by atoms with van der Waals surface area (Å²) in [5.41, 5.74) is 1.02. The second kappa shape index (κ2) is 6.85. The highest BCUT2D eigenvalue weighted by Gasteiger charge is 2.17. The highest BCUT2D eigenvalue weighted by molar-refractivity contribution is 5.36. The first-order valence-electron chi connectivity index (χ1n) is 7.41. The lowest BCUT2D eigenvalue weighted by Crippen LogP contribution is -2.34. The van der Waals surface area contributed by atoms with Crippen LogP contribution in [0.4, 0.5) is 5.82 Å². The lowest BCUT2D eigenvalue weighted by Gasteiger charge is -2.31. The van der Waals surface area contributed by atoms with Crippen LogP contribution in [0.5, 0.6) is 0 Å². The van der Waals surface area contributed by atoms with Crippen LogP contribution >= 0.6 is 0 Å². The molecule has 106 valence electrons. The van der Waals surface area contributed by atoms with Crippen molar-refractivity contribution in [3.63, 3.8) is 0 Å². The fourth-order valence-electron chi connectivity index (χ4n) is 2.49. The van der Waals surface area contributed by atoms with E-state index in [1.165, 1.54) is 12.8 Å². The van der Waals surface area contributed by atoms with Crippen LogP contribution in [0.15, 0.2) is 12.4 Å². The summed E-state index contributed by atoms with van der Waals surface area (Å²) in [6, 6.07) is 0. The molecule has 0 saturated carbocycles. The van der Waals surface area contributed by atoms with Crippen molar-refractivity contribution in [3.8, 4) is 0 Å². The van der Waals surface area contributed by atoms with Gasteiger partial charge in [0.25, 0.3) is 0 Å². The van der Waals surface area contributed by atoms with Gasteiger partial charge < -0.3 is 10.2 Å². The maximum absolute atomic E-state index is 4.56. The van der Waals surface area contributed by atoms with E-state index < -0.39 is 0 Å². The van der Waals surface area contributed by atoms with Gasteiger partial charge in [-0.15, -0.1) is 0 Å². The van der Waals surface area contributed by atoms with Gasteiger partial charge in [-0.05, 0) is 31.2 Å². The van der Waals surface area contributed by atoms with Gasteiger partial charge in [-0.25, -0.2) is 4.98 Å². The average Bonchev–Trinajstić information content (AvgIpc) is 2.39. The Morgan fingerprint density at radius 2 is 2.21 bits per heavy atom. The summed E-state index contributed by atoms with van der Waals surface area (Å²) in [6.45, 7) is 10.8. The van der Waals surface area contributed by atoms with Gasteiger partial charge in [0.1, 0.15) is 5.82 Å². The minimum Gasteiger partial charge on any atom is -0.355 e. The van der Waals surface area contributed by atoms with Gasteiger partial charge in [-0.1, -0.05) is 20.8 Å². The Morgan fingerprint density at radius 3 is 2.84 bits per heavy atom. The first-order chi connectivity index (χ1) is 9.15. The van der Waals surface area contributed by atoms with Crippen LogP contribution in [0.3, 0.4) is 0 Å². The van der Waals surface area contributed by atoms with Crippen molar-refractivity contribution in [1.29, 1.82) is 0 Å². The number of nitrogens with zero attached hydrogens (tertiary/aromatic N) is 3. The predicted octanol–water partition coefficient (Wildman–Crippen LogP) is 2.46. The SMILES string of the molecule is CC(C)CNCc1cnc(N2CCCC(C)C2)cn1. The number of rotatable bonds is 5. The number of piperidine rings is 1. The van der Waals surface area contributed by atoms with Gasteiger partial charge in [-0.3, -0.25) is 4.98 Å². The largest absolute Gasteiger partial charge is 0.355 e. The molecule has 4 nitrogen and oxygen atoms in total. The molecule has 1 fully saturated rings. The maximum atomic E-state index is 4.56. The summed E-state index contributed by atoms with van der Waals surface area (Å²) >= 11 is 0. The Balaban J connectivity index is 1.87. The molecule has 1 unspecified atom stereocenters. The highest BCUT2D eigenvalue weighted by atomic mass is 15.2. The smallest absolute Gasteiger partial charge is 0.147 e. The van der Waals surface area contributed by atoms with E-state index in [2.05, 4.69) is 41.0 Å². The van der Waals surface area contributed by atoms with E-state index >= 15 is 0 Å². The zero-order valence-electron chi connectivity index (χ0n) is 12.4. The molecule has 1 atom stereocenters. The molecule has 1 N–H and O–H groups in total. The summed E-state index contributed by atoms with van der Waals surface area (Å²) < 4.78 is 0. The molecule has 1 saturated heterocycles. The summed E-state index contributed by atoms with van der Waals surface area (Å²) in [7, 11) is 0. The third-order valence-electron chi connectivity index (χ3n) is 3.53. The van der Waals surface area contributed by atoms with Crippen molar-refractivity contribution in [1.82, 2.24) is 15.3 Å². The molecule has 0 aromatic carbocycles. The van der Waals surface area contributed by atoms with E-state index in [0.717, 1.165) is 43.6 Å². The molecular weight excluding hydrogens is 236 g/mol. The van der Waals surface area contributed by atoms with Crippen molar-refractivity contribution in [2.45, 2.75) is 40.2 Å². The van der Waals surface area contributed by atoms with E-state index in [-0.39, 0.29) is 0 Å². The first kappa shape index (κ1) is 14.3. The van der Waals surface area contributed by atoms with E-state index in [0.29, 0.717) is 5.92 Å². The van der Waals surface area contributed by atoms with Gasteiger partial charge in [-0.2, -0.15) is 0 Å². The lowest BCUT2D eigenvalue weighted by atomic mass is 10.0. The first-order valence-corrected chi connectivity index (χ1v) is 7.41. The highest BCUT2D eigenvalue weighted by Crippen LogP contribution is 2.20. The molecule has 1 aromatic heterocycles. The van der Waals surface area contributed by atoms with E-state index in [1.807, 2.05) is 12.4 Å². The Kier molecular flexibility index (Phi) is 5.14. The lowest BCUT2D eigenvalue weighted by molar-refractivity contribution is 0.444. The average molecular weight is 262 g/mol. The normalized spacial score (nSPS) is 20.0. The second-order valence-electron chi connectivity index (χ2n) is 6.08. The zero-order valence-corrected chi connectivity index (χ0v) is 12.4. The molecule has 2 heterocycles. The number of aromatic nitrogens is 2. The summed E-state index contributed by atoms with van der Waals surface area (Å²) in [4.78, 5) is 11.4. The molecule has 0 spiro atoms. The Bertz CT molecular complexity index is 374. The van der Waals surface area contributed by atoms with E-state index in [1.54, 1.807) is 0 Å². The van der Waals surface area contributed by atoms with E-state index in [4.69, 9.17) is 0 Å². The molecule has 19 heavy (non-hydrogen) atoms. The molecule has 0 radical (unpaired) electrons. The third-order valence-corrected chi connectivity index (χ3v) is 3.53. The second-order valence-corrected chi connectivity index (χ2v) is 6.08. The summed E-state index contributed by atoms with van der Waals surface area (Å²) in [5.74, 6) is 2.46. The third kappa shape index (κ3) is 4.46. The van der Waals surface area contributed by atoms with Gasteiger partial charge in [0, 0.05) is 19.6 Å².